The van der Waals surface area contributed by atoms with Gasteiger partial charge in [-0.05, 0) is 30.4 Å². The molecule has 5 nitrogen and oxygen atoms in total. The van der Waals surface area contributed by atoms with E-state index >= 15 is 0 Å². The zero-order valence-electron chi connectivity index (χ0n) is 7.94. The van der Waals surface area contributed by atoms with Gasteiger partial charge in [-0.2, -0.15) is 0 Å². The van der Waals surface area contributed by atoms with Crippen molar-refractivity contribution in [2.75, 3.05) is 0 Å². The predicted octanol–water partition coefficient (Wildman–Crippen LogP) is 2.34. The molecule has 1 aromatic heterocycles. The fourth-order valence-electron chi connectivity index (χ4n) is 1.31. The molecule has 16 heavy (non-hydrogen) atoms. The molecule has 0 saturated heterocycles. The van der Waals surface area contributed by atoms with Crippen molar-refractivity contribution in [3.63, 3.8) is 0 Å². The maximum absolute atomic E-state index is 12.9. The second kappa shape index (κ2) is 3.86. The van der Waals surface area contributed by atoms with Crippen LogP contribution >= 0.6 is 12.2 Å². The Balaban J connectivity index is 2.56. The SMILES string of the molecule is NC(=S)/N=N/c1[nH]c2ccc(F)cc2c1O. The molecular formula is C9H7FN4OS. The molecule has 0 saturated carbocycles. The number of nitrogens with two attached hydrogens (primary N) is 1. The third-order valence-corrected chi connectivity index (χ3v) is 2.04. The number of fused-ring (bicyclic) bond motifs is 1. The largest absolute Gasteiger partial charge is 0.504 e. The molecule has 1 aromatic carbocycles. The summed E-state index contributed by atoms with van der Waals surface area (Å²) in [6, 6.07) is 3.96. The molecule has 0 radical (unpaired) electrons. The normalized spacial score (nSPS) is 11.3. The minimum atomic E-state index is -0.445. The molecule has 0 aliphatic carbocycles. The lowest BCUT2D eigenvalue weighted by molar-refractivity contribution is 0.482. The van der Waals surface area contributed by atoms with E-state index < -0.39 is 5.82 Å². The van der Waals surface area contributed by atoms with Gasteiger partial charge in [0, 0.05) is 5.39 Å². The lowest BCUT2D eigenvalue weighted by Gasteiger charge is -1.90. The number of aromatic amines is 1. The third-order valence-electron chi connectivity index (χ3n) is 1.96. The topological polar surface area (TPSA) is 86.8 Å². The van der Waals surface area contributed by atoms with Gasteiger partial charge in [0.1, 0.15) is 5.82 Å². The highest BCUT2D eigenvalue weighted by atomic mass is 32.1. The van der Waals surface area contributed by atoms with Crippen molar-refractivity contribution < 1.29 is 9.50 Å². The van der Waals surface area contributed by atoms with Crippen LogP contribution in [0.1, 0.15) is 0 Å². The van der Waals surface area contributed by atoms with E-state index in [0.29, 0.717) is 10.9 Å². The van der Waals surface area contributed by atoms with E-state index in [-0.39, 0.29) is 16.7 Å². The summed E-state index contributed by atoms with van der Waals surface area (Å²) in [5.74, 6) is -0.539. The molecule has 0 aliphatic rings. The molecule has 7 heteroatoms. The molecule has 0 atom stereocenters. The molecular weight excluding hydrogens is 231 g/mol. The number of aromatic nitrogens is 1. The van der Waals surface area contributed by atoms with Crippen molar-refractivity contribution in [3.8, 4) is 5.75 Å². The molecule has 2 rings (SSSR count). The molecule has 2 aromatic rings. The van der Waals surface area contributed by atoms with Crippen LogP contribution in [0.5, 0.6) is 5.75 Å². The lowest BCUT2D eigenvalue weighted by atomic mass is 10.2. The van der Waals surface area contributed by atoms with Crippen LogP contribution in [0.2, 0.25) is 0 Å². The van der Waals surface area contributed by atoms with Gasteiger partial charge in [-0.25, -0.2) is 4.39 Å². The Labute approximate surface area is 94.8 Å². The van der Waals surface area contributed by atoms with E-state index in [1.165, 1.54) is 18.2 Å². The number of nitrogens with one attached hydrogen (secondary N) is 1. The van der Waals surface area contributed by atoms with Crippen molar-refractivity contribution in [3.05, 3.63) is 24.0 Å². The van der Waals surface area contributed by atoms with Gasteiger partial charge in [0.15, 0.2) is 11.6 Å². The van der Waals surface area contributed by atoms with Crippen LogP contribution in [0.4, 0.5) is 10.2 Å². The number of halogens is 1. The number of hydrogen-bond acceptors (Lipinski definition) is 3. The number of aromatic hydroxyl groups is 1. The van der Waals surface area contributed by atoms with Crippen molar-refractivity contribution in [2.24, 2.45) is 16.0 Å². The molecule has 82 valence electrons. The number of nitrogens with zero attached hydrogens (tertiary/aromatic N) is 2. The van der Waals surface area contributed by atoms with Gasteiger partial charge in [0.05, 0.1) is 5.52 Å². The van der Waals surface area contributed by atoms with Crippen LogP contribution in [0, 0.1) is 5.82 Å². The van der Waals surface area contributed by atoms with Crippen molar-refractivity contribution in [2.45, 2.75) is 0 Å². The molecule has 0 spiro atoms. The number of H-pyrrole nitrogens is 1. The fourth-order valence-corrected chi connectivity index (χ4v) is 1.35. The molecule has 0 fully saturated rings. The minimum Gasteiger partial charge on any atom is -0.504 e. The number of hydrogen-bond donors (Lipinski definition) is 3. The molecule has 4 N–H and O–H groups in total. The van der Waals surface area contributed by atoms with E-state index in [0.717, 1.165) is 0 Å². The van der Waals surface area contributed by atoms with Gasteiger partial charge in [-0.15, -0.1) is 10.2 Å². The van der Waals surface area contributed by atoms with Crippen molar-refractivity contribution in [1.82, 2.24) is 4.98 Å². The first-order valence-corrected chi connectivity index (χ1v) is 4.70. The maximum atomic E-state index is 12.9. The molecule has 0 amide bonds. The van der Waals surface area contributed by atoms with Crippen LogP contribution < -0.4 is 5.73 Å². The van der Waals surface area contributed by atoms with Crippen LogP contribution in [-0.4, -0.2) is 15.2 Å². The molecule has 0 unspecified atom stereocenters. The van der Waals surface area contributed by atoms with E-state index in [1.54, 1.807) is 0 Å². The first kappa shape index (κ1) is 10.5. The molecule has 0 aliphatic heterocycles. The highest BCUT2D eigenvalue weighted by Crippen LogP contribution is 2.35. The van der Waals surface area contributed by atoms with Gasteiger partial charge in [0.25, 0.3) is 0 Å². The average Bonchev–Trinajstić information content (AvgIpc) is 2.53. The van der Waals surface area contributed by atoms with E-state index in [4.69, 9.17) is 5.73 Å². The second-order valence-electron chi connectivity index (χ2n) is 3.05. The van der Waals surface area contributed by atoms with Crippen LogP contribution in [0.3, 0.4) is 0 Å². The van der Waals surface area contributed by atoms with Gasteiger partial charge < -0.3 is 15.8 Å². The number of azo groups is 1. The quantitative estimate of drug-likeness (QED) is 0.526. The Morgan fingerprint density at radius 1 is 1.50 bits per heavy atom. The van der Waals surface area contributed by atoms with Gasteiger partial charge in [0.2, 0.25) is 5.11 Å². The first-order valence-electron chi connectivity index (χ1n) is 4.29. The van der Waals surface area contributed by atoms with Crippen LogP contribution in [0.25, 0.3) is 10.9 Å². The van der Waals surface area contributed by atoms with E-state index in [1.807, 2.05) is 0 Å². The Kier molecular flexibility index (Phi) is 2.53. The maximum Gasteiger partial charge on any atom is 0.211 e. The van der Waals surface area contributed by atoms with Gasteiger partial charge >= 0.3 is 0 Å². The minimum absolute atomic E-state index is 0.0911. The summed E-state index contributed by atoms with van der Waals surface area (Å²) >= 11 is 4.50. The number of benzene rings is 1. The summed E-state index contributed by atoms with van der Waals surface area (Å²) in [6.07, 6.45) is 0. The zero-order chi connectivity index (χ0) is 11.7. The van der Waals surface area contributed by atoms with Crippen LogP contribution in [-0.2, 0) is 0 Å². The Morgan fingerprint density at radius 2 is 2.25 bits per heavy atom. The predicted molar refractivity (Wildman–Crippen MR) is 61.2 cm³/mol. The molecule has 1 heterocycles. The summed E-state index contributed by atoms with van der Waals surface area (Å²) in [5.41, 5.74) is 5.68. The Hall–Kier alpha value is -2.02. The smallest absolute Gasteiger partial charge is 0.211 e. The van der Waals surface area contributed by atoms with E-state index in [2.05, 4.69) is 27.4 Å². The highest BCUT2D eigenvalue weighted by molar-refractivity contribution is 7.80. The third kappa shape index (κ3) is 1.84. The second-order valence-corrected chi connectivity index (χ2v) is 3.47. The van der Waals surface area contributed by atoms with Crippen LogP contribution in [0.15, 0.2) is 28.4 Å². The number of rotatable bonds is 1. The monoisotopic (exact) mass is 238 g/mol. The highest BCUT2D eigenvalue weighted by Gasteiger charge is 2.10. The fraction of sp³-hybridized carbons (Fsp3) is 0. The number of thiocarbonyl (C=S) groups is 1. The summed E-state index contributed by atoms with van der Waals surface area (Å²) in [6.45, 7) is 0. The first-order chi connectivity index (χ1) is 7.58. The summed E-state index contributed by atoms with van der Waals surface area (Å²) in [4.78, 5) is 2.75. The lowest BCUT2D eigenvalue weighted by Crippen LogP contribution is -2.01. The molecule has 0 bridgehead atoms. The summed E-state index contributed by atoms with van der Waals surface area (Å²) in [5, 5.41) is 16.9. The summed E-state index contributed by atoms with van der Waals surface area (Å²) in [7, 11) is 0. The van der Waals surface area contributed by atoms with Crippen molar-refractivity contribution >= 4 is 34.1 Å². The summed E-state index contributed by atoms with van der Waals surface area (Å²) < 4.78 is 12.9. The van der Waals surface area contributed by atoms with Crippen molar-refractivity contribution in [1.29, 1.82) is 0 Å². The Bertz CT molecular complexity index is 592. The standard InChI is InChI=1S/C9H7FN4OS/c10-4-1-2-6-5(3-4)7(15)8(12-6)13-14-9(11)16/h1-3,12,15H,(H2,11,16)/b14-13+. The van der Waals surface area contributed by atoms with Gasteiger partial charge in [-0.1, -0.05) is 0 Å². The van der Waals surface area contributed by atoms with Gasteiger partial charge in [-0.3, -0.25) is 0 Å². The zero-order valence-corrected chi connectivity index (χ0v) is 8.75. The average molecular weight is 238 g/mol. The Morgan fingerprint density at radius 3 is 2.94 bits per heavy atom. The van der Waals surface area contributed by atoms with E-state index in [9.17, 15) is 9.50 Å².